The maximum absolute atomic E-state index is 4.56. The molecule has 0 bridgehead atoms. The molecular weight excluding hydrogens is 306 g/mol. The summed E-state index contributed by atoms with van der Waals surface area (Å²) in [5.41, 5.74) is 6.96. The van der Waals surface area contributed by atoms with Crippen molar-refractivity contribution in [1.29, 1.82) is 0 Å². The van der Waals surface area contributed by atoms with E-state index in [0.29, 0.717) is 6.04 Å². The summed E-state index contributed by atoms with van der Waals surface area (Å²) >= 11 is 0. The van der Waals surface area contributed by atoms with Crippen molar-refractivity contribution < 1.29 is 0 Å². The molecule has 2 aromatic carbocycles. The molecule has 1 saturated heterocycles. The largest absolute Gasteiger partial charge is 0.341 e. The van der Waals surface area contributed by atoms with Crippen LogP contribution in [-0.4, -0.2) is 16.5 Å². The second kappa shape index (κ2) is 6.69. The predicted molar refractivity (Wildman–Crippen MR) is 104 cm³/mol. The molecular formula is C22H23N3. The highest BCUT2D eigenvalue weighted by Crippen LogP contribution is 2.27. The number of H-pyrrole nitrogens is 1. The molecule has 1 aliphatic rings. The summed E-state index contributed by atoms with van der Waals surface area (Å²) in [4.78, 5) is 8.02. The molecule has 2 N–H and O–H groups in total. The summed E-state index contributed by atoms with van der Waals surface area (Å²) in [6.45, 7) is 7.10. The lowest BCUT2D eigenvalue weighted by Gasteiger charge is -2.07. The summed E-state index contributed by atoms with van der Waals surface area (Å²) in [5.74, 6) is 1.05. The predicted octanol–water partition coefficient (Wildman–Crippen LogP) is 5.20. The average Bonchev–Trinajstić information content (AvgIpc) is 3.33. The van der Waals surface area contributed by atoms with Gasteiger partial charge in [0.15, 0.2) is 0 Å². The van der Waals surface area contributed by atoms with Crippen molar-refractivity contribution in [2.75, 3.05) is 6.54 Å². The van der Waals surface area contributed by atoms with Crippen LogP contribution in [0.5, 0.6) is 0 Å². The SMILES string of the molecule is C=C(C)c1ccc(-c2ccc(-c3cnc(C4CCCN4)[nH]3)cc2)cc1. The molecule has 0 radical (unpaired) electrons. The van der Waals surface area contributed by atoms with Crippen LogP contribution in [0.15, 0.2) is 61.3 Å². The number of aromatic nitrogens is 2. The number of hydrogen-bond acceptors (Lipinski definition) is 2. The van der Waals surface area contributed by atoms with Gasteiger partial charge in [0.05, 0.1) is 17.9 Å². The molecule has 1 aliphatic heterocycles. The maximum atomic E-state index is 4.56. The zero-order valence-corrected chi connectivity index (χ0v) is 14.5. The molecule has 1 aromatic heterocycles. The summed E-state index contributed by atoms with van der Waals surface area (Å²) < 4.78 is 0. The van der Waals surface area contributed by atoms with Crippen LogP contribution in [0, 0.1) is 0 Å². The minimum absolute atomic E-state index is 0.375. The summed E-state index contributed by atoms with van der Waals surface area (Å²) in [5, 5.41) is 3.48. The van der Waals surface area contributed by atoms with Gasteiger partial charge in [-0.3, -0.25) is 0 Å². The molecule has 1 fully saturated rings. The maximum Gasteiger partial charge on any atom is 0.123 e. The first-order chi connectivity index (χ1) is 12.2. The van der Waals surface area contributed by atoms with E-state index in [4.69, 9.17) is 0 Å². The number of aromatic amines is 1. The van der Waals surface area contributed by atoms with Crippen LogP contribution < -0.4 is 5.32 Å². The summed E-state index contributed by atoms with van der Waals surface area (Å²) in [7, 11) is 0. The molecule has 3 nitrogen and oxygen atoms in total. The van der Waals surface area contributed by atoms with Crippen molar-refractivity contribution >= 4 is 5.57 Å². The molecule has 1 unspecified atom stereocenters. The number of rotatable bonds is 4. The third-order valence-electron chi connectivity index (χ3n) is 4.89. The Hall–Kier alpha value is -2.65. The molecule has 0 amide bonds. The van der Waals surface area contributed by atoms with Crippen LogP contribution in [-0.2, 0) is 0 Å². The van der Waals surface area contributed by atoms with Crippen LogP contribution in [0.2, 0.25) is 0 Å². The lowest BCUT2D eigenvalue weighted by atomic mass is 10.0. The van der Waals surface area contributed by atoms with Crippen molar-refractivity contribution in [3.63, 3.8) is 0 Å². The standard InChI is InChI=1S/C22H23N3/c1-15(2)16-5-7-17(8-6-16)18-9-11-19(12-10-18)21-14-24-22(25-21)20-4-3-13-23-20/h5-12,14,20,23H,1,3-4,13H2,2H3,(H,24,25). The van der Waals surface area contributed by atoms with Crippen LogP contribution >= 0.6 is 0 Å². The number of imidazole rings is 1. The Morgan fingerprint density at radius 3 is 2.24 bits per heavy atom. The second-order valence-corrected chi connectivity index (χ2v) is 6.77. The molecule has 4 rings (SSSR count). The van der Waals surface area contributed by atoms with Gasteiger partial charge in [0, 0.05) is 0 Å². The van der Waals surface area contributed by atoms with E-state index in [-0.39, 0.29) is 0 Å². The van der Waals surface area contributed by atoms with E-state index in [9.17, 15) is 0 Å². The topological polar surface area (TPSA) is 40.7 Å². The third kappa shape index (κ3) is 3.28. The zero-order chi connectivity index (χ0) is 17.2. The zero-order valence-electron chi connectivity index (χ0n) is 14.5. The second-order valence-electron chi connectivity index (χ2n) is 6.77. The van der Waals surface area contributed by atoms with Crippen molar-refractivity contribution in [2.24, 2.45) is 0 Å². The van der Waals surface area contributed by atoms with E-state index in [1.54, 1.807) is 0 Å². The summed E-state index contributed by atoms with van der Waals surface area (Å²) in [6.07, 6.45) is 4.32. The third-order valence-corrected chi connectivity index (χ3v) is 4.89. The van der Waals surface area contributed by atoms with E-state index < -0.39 is 0 Å². The van der Waals surface area contributed by atoms with Gasteiger partial charge in [0.1, 0.15) is 5.82 Å². The van der Waals surface area contributed by atoms with Gasteiger partial charge in [-0.25, -0.2) is 4.98 Å². The van der Waals surface area contributed by atoms with E-state index in [1.807, 2.05) is 13.1 Å². The molecule has 0 aliphatic carbocycles. The van der Waals surface area contributed by atoms with Gasteiger partial charge in [-0.15, -0.1) is 0 Å². The first-order valence-corrected chi connectivity index (χ1v) is 8.86. The Balaban J connectivity index is 1.54. The summed E-state index contributed by atoms with van der Waals surface area (Å²) in [6, 6.07) is 17.6. The van der Waals surface area contributed by atoms with Gasteiger partial charge in [-0.1, -0.05) is 60.7 Å². The monoisotopic (exact) mass is 329 g/mol. The van der Waals surface area contributed by atoms with Crippen LogP contribution in [0.4, 0.5) is 0 Å². The fourth-order valence-electron chi connectivity index (χ4n) is 3.37. The molecule has 25 heavy (non-hydrogen) atoms. The highest BCUT2D eigenvalue weighted by molar-refractivity contribution is 5.71. The Labute approximate surface area is 148 Å². The first-order valence-electron chi connectivity index (χ1n) is 8.86. The molecule has 0 spiro atoms. The van der Waals surface area contributed by atoms with Gasteiger partial charge in [-0.05, 0) is 48.6 Å². The van der Waals surface area contributed by atoms with Crippen LogP contribution in [0.25, 0.3) is 28.0 Å². The Kier molecular flexibility index (Phi) is 4.24. The first kappa shape index (κ1) is 15.9. The van der Waals surface area contributed by atoms with Crippen molar-refractivity contribution in [2.45, 2.75) is 25.8 Å². The molecule has 3 aromatic rings. The number of benzene rings is 2. The van der Waals surface area contributed by atoms with Gasteiger partial charge >= 0.3 is 0 Å². The van der Waals surface area contributed by atoms with Crippen LogP contribution in [0.3, 0.4) is 0 Å². The van der Waals surface area contributed by atoms with E-state index in [1.165, 1.54) is 28.7 Å². The van der Waals surface area contributed by atoms with Gasteiger partial charge in [0.2, 0.25) is 0 Å². The Morgan fingerprint density at radius 2 is 1.64 bits per heavy atom. The lowest BCUT2D eigenvalue weighted by Crippen LogP contribution is -2.14. The number of nitrogens with zero attached hydrogens (tertiary/aromatic N) is 1. The highest BCUT2D eigenvalue weighted by Gasteiger charge is 2.19. The minimum Gasteiger partial charge on any atom is -0.341 e. The minimum atomic E-state index is 0.375. The average molecular weight is 329 g/mol. The molecule has 126 valence electrons. The Morgan fingerprint density at radius 1 is 1.00 bits per heavy atom. The van der Waals surface area contributed by atoms with Crippen molar-refractivity contribution in [3.05, 3.63) is 72.7 Å². The highest BCUT2D eigenvalue weighted by atomic mass is 15.0. The van der Waals surface area contributed by atoms with E-state index in [0.717, 1.165) is 30.1 Å². The number of nitrogens with one attached hydrogen (secondary N) is 2. The van der Waals surface area contributed by atoms with Gasteiger partial charge < -0.3 is 10.3 Å². The number of allylic oxidation sites excluding steroid dienone is 1. The fourth-order valence-corrected chi connectivity index (χ4v) is 3.37. The fraction of sp³-hybridized carbons (Fsp3) is 0.227. The lowest BCUT2D eigenvalue weighted by molar-refractivity contribution is 0.613. The Bertz CT molecular complexity index is 866. The van der Waals surface area contributed by atoms with Gasteiger partial charge in [0.25, 0.3) is 0 Å². The molecule has 2 heterocycles. The van der Waals surface area contributed by atoms with Crippen molar-refractivity contribution in [3.8, 4) is 22.4 Å². The van der Waals surface area contributed by atoms with Gasteiger partial charge in [-0.2, -0.15) is 0 Å². The smallest absolute Gasteiger partial charge is 0.123 e. The molecule has 1 atom stereocenters. The van der Waals surface area contributed by atoms with E-state index in [2.05, 4.69) is 70.4 Å². The normalized spacial score (nSPS) is 16.9. The number of hydrogen-bond donors (Lipinski definition) is 2. The van der Waals surface area contributed by atoms with Crippen LogP contribution in [0.1, 0.15) is 37.2 Å². The quantitative estimate of drug-likeness (QED) is 0.690. The molecule has 3 heteroatoms. The van der Waals surface area contributed by atoms with E-state index >= 15 is 0 Å². The molecule has 0 saturated carbocycles. The van der Waals surface area contributed by atoms with Crippen molar-refractivity contribution in [1.82, 2.24) is 15.3 Å².